The molecule has 132 heavy (non-hydrogen) atoms. The predicted molar refractivity (Wildman–Crippen MR) is 516 cm³/mol. The van der Waals surface area contributed by atoms with Gasteiger partial charge in [0.1, 0.15) is 66.1 Å². The molecule has 10 amide bonds. The zero-order valence-corrected chi connectivity index (χ0v) is 80.3. The van der Waals surface area contributed by atoms with Gasteiger partial charge in [-0.1, -0.05) is 152 Å². The number of para-hydroxylation sites is 1. The highest BCUT2D eigenvalue weighted by Gasteiger charge is 2.61. The molecule has 7 heterocycles. The van der Waals surface area contributed by atoms with Gasteiger partial charge in [0.05, 0.1) is 48.3 Å². The first kappa shape index (κ1) is 95.2. The summed E-state index contributed by atoms with van der Waals surface area (Å²) in [4.78, 5) is 133. The number of nitrogens with zero attached hydrogens (tertiary/aromatic N) is 22. The Kier molecular flexibility index (Phi) is 28.7. The second-order valence-corrected chi connectivity index (χ2v) is 40.4. The molecule has 6 aliphatic carbocycles. The van der Waals surface area contributed by atoms with Gasteiger partial charge in [-0.25, -0.2) is 49.1 Å². The summed E-state index contributed by atoms with van der Waals surface area (Å²) < 4.78 is 0. The molecule has 8 aromatic rings. The van der Waals surface area contributed by atoms with Crippen molar-refractivity contribution < 1.29 is 28.8 Å². The van der Waals surface area contributed by atoms with Crippen LogP contribution in [0.4, 0.5) is 42.3 Å². The highest BCUT2D eigenvalue weighted by molar-refractivity contribution is 7.98. The average Bonchev–Trinajstić information content (AvgIpc) is 1.60. The SMILES string of the molecule is CN(C)C(=O)CN1C(=O)N(c2ccccc2)CC12CCC(c1ccccc1)(N(C)C)CC2.CN(C)C(=O)CN1C(=O)N(c2ccnc(C#N)n2)CC12CCC(c1ccccc1)(N(C)C)CC2.CN(C)C1(c2ccccc2)CCC2(CC1)CN(c1cc(C#N)ncn1)C(=O)N2CC1CCC1.CSc1cc(N2CC3(CCC(c4ccccc4)(N(C)C)CC3)N(CC3CCC3)C2=O)ncn1. The van der Waals surface area contributed by atoms with Crippen LogP contribution in [0.1, 0.15) is 175 Å². The van der Waals surface area contributed by atoms with Crippen molar-refractivity contribution in [3.8, 4) is 12.1 Å². The minimum absolute atomic E-state index is 0.0127. The van der Waals surface area contributed by atoms with Gasteiger partial charge in [-0.15, -0.1) is 11.8 Å². The first-order valence-electron chi connectivity index (χ1n) is 47.0. The summed E-state index contributed by atoms with van der Waals surface area (Å²) in [5.41, 5.74) is 5.16. The lowest BCUT2D eigenvalue weighted by Gasteiger charge is -2.51. The van der Waals surface area contributed by atoms with Crippen molar-refractivity contribution >= 4 is 70.8 Å². The van der Waals surface area contributed by atoms with Gasteiger partial charge in [-0.3, -0.25) is 48.8 Å². The lowest BCUT2D eigenvalue weighted by molar-refractivity contribution is -0.131. The minimum atomic E-state index is -0.491. The maximum atomic E-state index is 13.8. The predicted octanol–water partition coefficient (Wildman–Crippen LogP) is 15.4. The van der Waals surface area contributed by atoms with Gasteiger partial charge in [0.15, 0.2) is 0 Å². The highest BCUT2D eigenvalue weighted by Crippen LogP contribution is 2.56. The number of hydrogen-bond donors (Lipinski definition) is 0. The van der Waals surface area contributed by atoms with Gasteiger partial charge in [0.2, 0.25) is 17.6 Å². The molecule has 28 nitrogen and oxygen atoms in total. The number of aromatic nitrogens is 6. The van der Waals surface area contributed by atoms with Crippen LogP contribution in [0.15, 0.2) is 194 Å². The smallest absolute Gasteiger partial charge is 0.326 e. The van der Waals surface area contributed by atoms with E-state index in [-0.39, 0.29) is 93.6 Å². The molecule has 5 aromatic carbocycles. The van der Waals surface area contributed by atoms with E-state index in [1.165, 1.54) is 78.2 Å². The Labute approximate surface area is 784 Å². The van der Waals surface area contributed by atoms with Crippen molar-refractivity contribution in [1.29, 1.82) is 10.5 Å². The second kappa shape index (κ2) is 39.8. The van der Waals surface area contributed by atoms with Gasteiger partial charge < -0.3 is 29.4 Å². The molecule has 6 saturated carbocycles. The van der Waals surface area contributed by atoms with E-state index in [1.54, 1.807) is 78.0 Å². The van der Waals surface area contributed by atoms with Crippen molar-refractivity contribution in [2.24, 2.45) is 11.8 Å². The Morgan fingerprint density at radius 3 is 1.02 bits per heavy atom. The summed E-state index contributed by atoms with van der Waals surface area (Å²) in [6, 6.07) is 61.8. The molecule has 10 fully saturated rings. The third kappa shape index (κ3) is 18.6. The normalized spacial score (nSPS) is 26.5. The molecule has 696 valence electrons. The van der Waals surface area contributed by atoms with Gasteiger partial charge in [0, 0.05) is 87.5 Å². The van der Waals surface area contributed by atoms with Crippen molar-refractivity contribution in [1.82, 2.24) is 78.9 Å². The van der Waals surface area contributed by atoms with E-state index in [4.69, 9.17) is 0 Å². The molecule has 4 saturated heterocycles. The van der Waals surface area contributed by atoms with Crippen LogP contribution >= 0.6 is 11.8 Å². The number of hydrogen-bond acceptors (Lipinski definition) is 19. The van der Waals surface area contributed by atoms with E-state index in [0.717, 1.165) is 139 Å². The number of thioether (sulfide) groups is 1. The van der Waals surface area contributed by atoms with Crippen LogP contribution in [-0.4, -0.2) is 280 Å². The van der Waals surface area contributed by atoms with E-state index < -0.39 is 5.54 Å². The molecule has 4 aliphatic heterocycles. The fourth-order valence-corrected chi connectivity index (χ4v) is 23.2. The number of likely N-dealkylation sites (N-methyl/N-ethyl adjacent to an activating group) is 2. The summed E-state index contributed by atoms with van der Waals surface area (Å²) in [6.07, 6.45) is 28.7. The van der Waals surface area contributed by atoms with E-state index >= 15 is 0 Å². The van der Waals surface area contributed by atoms with Crippen LogP contribution < -0.4 is 19.6 Å². The van der Waals surface area contributed by atoms with Crippen LogP contribution in [0.25, 0.3) is 0 Å². The van der Waals surface area contributed by atoms with E-state index in [1.807, 2.05) is 69.5 Å². The summed E-state index contributed by atoms with van der Waals surface area (Å²) in [5, 5.41) is 19.4. The molecule has 0 bridgehead atoms. The molecule has 0 atom stereocenters. The second-order valence-electron chi connectivity index (χ2n) is 39.6. The van der Waals surface area contributed by atoms with Crippen LogP contribution in [0, 0.1) is 34.5 Å². The Bertz CT molecular complexity index is 5430. The van der Waals surface area contributed by atoms with Crippen LogP contribution in [0.5, 0.6) is 0 Å². The molecule has 0 N–H and O–H groups in total. The zero-order valence-electron chi connectivity index (χ0n) is 79.5. The van der Waals surface area contributed by atoms with Crippen molar-refractivity contribution in [2.45, 2.75) is 191 Å². The van der Waals surface area contributed by atoms with E-state index in [0.29, 0.717) is 48.8 Å². The van der Waals surface area contributed by atoms with Crippen LogP contribution in [0.3, 0.4) is 0 Å². The molecule has 0 unspecified atom stereocenters. The standard InChI is InChI=1S/C26H32N6O.C26H35N5OS.C26H34N4O2.C25H31N7O2/c1-30(2)26(21-9-4-3-5-10-21)13-11-25(12-14-26)18-31(23-15-22(16-27)28-19-29-23)24(33)32(25)17-20-7-6-8-20;1-29(2)26(21-10-5-4-6-11-21)14-12-25(13-15-26)18-30(22-16-23(33-3)28-19-27-22)24(32)31(25)17-20-8-7-9-20;1-27(2)23(31)19-30-24(32)29(22-13-9-6-10-14-22)20-25(30)15-17-26(18-16-25,28(3)4)21-11-7-5-8-12-21;1-29(2)22(33)17-32-23(34)31(21-10-15-27-20(16-26)28-21)18-24(32)11-13-25(14-12-24,30(3)4)19-8-6-5-7-9-19/h3-5,9-10,15,19-20H,6-8,11-14,17-18H2,1-2H3;4-6,10-11,16,19-20H,7-9,12-15,17-18H2,1-3H3;5-14H,15-20H2,1-4H3;5-10,15H,11-14,17-18H2,1-4H3. The number of carbonyl (C=O) groups excluding carboxylic acids is 6. The quantitative estimate of drug-likeness (QED) is 0.0477. The molecule has 10 aliphatic rings. The monoisotopic (exact) mass is 1810 g/mol. The van der Waals surface area contributed by atoms with Gasteiger partial charge in [-0.2, -0.15) is 10.5 Å². The van der Waals surface area contributed by atoms with Crippen LogP contribution in [0.2, 0.25) is 0 Å². The number of anilines is 4. The number of carbonyl (C=O) groups is 6. The first-order valence-corrected chi connectivity index (χ1v) is 48.2. The third-order valence-electron chi connectivity index (χ3n) is 31.8. The van der Waals surface area contributed by atoms with E-state index in [2.05, 4.69) is 237 Å². The molecule has 18 rings (SSSR count). The zero-order chi connectivity index (χ0) is 93.6. The number of nitriles is 2. The number of amides is 10. The summed E-state index contributed by atoms with van der Waals surface area (Å²) in [6.45, 7) is 4.23. The summed E-state index contributed by atoms with van der Waals surface area (Å²) in [7, 11) is 24.2. The van der Waals surface area contributed by atoms with Gasteiger partial charge in [0.25, 0.3) is 0 Å². The Morgan fingerprint density at radius 1 is 0.379 bits per heavy atom. The molecule has 0 radical (unpaired) electrons. The van der Waals surface area contributed by atoms with Crippen LogP contribution in [-0.2, 0) is 31.7 Å². The molecule has 4 spiro atoms. The summed E-state index contributed by atoms with van der Waals surface area (Å²) >= 11 is 1.59. The largest absolute Gasteiger partial charge is 0.347 e. The fraction of sp³-hybridized carbons (Fsp3) is 0.515. The Hall–Kier alpha value is -11.5. The Morgan fingerprint density at radius 2 is 0.697 bits per heavy atom. The third-order valence-corrected chi connectivity index (χ3v) is 32.4. The van der Waals surface area contributed by atoms with Gasteiger partial charge in [-0.05, 0) is 243 Å². The molecular weight excluding hydrogens is 1670 g/mol. The molecule has 29 heteroatoms. The highest BCUT2D eigenvalue weighted by atomic mass is 32.2. The van der Waals surface area contributed by atoms with Crippen molar-refractivity contribution in [2.75, 3.05) is 163 Å². The lowest BCUT2D eigenvalue weighted by Crippen LogP contribution is -2.57. The summed E-state index contributed by atoms with van der Waals surface area (Å²) in [5.74, 6) is 2.76. The van der Waals surface area contributed by atoms with Crippen molar-refractivity contribution in [3.63, 3.8) is 0 Å². The molecular formula is C103H132N22O6S. The number of benzene rings is 5. The Balaban J connectivity index is 0.000000135. The van der Waals surface area contributed by atoms with Gasteiger partial charge >= 0.3 is 24.1 Å². The van der Waals surface area contributed by atoms with Crippen molar-refractivity contribution in [3.05, 3.63) is 222 Å². The average molecular weight is 1810 g/mol. The molecule has 3 aromatic heterocycles. The first-order chi connectivity index (χ1) is 63.5. The maximum absolute atomic E-state index is 13.8. The lowest BCUT2D eigenvalue weighted by atomic mass is 9.68. The topological polar surface area (TPSA) is 273 Å². The fourth-order valence-electron chi connectivity index (χ4n) is 22.9. The number of rotatable bonds is 21. The number of urea groups is 4. The minimum Gasteiger partial charge on any atom is -0.347 e. The maximum Gasteiger partial charge on any atom is 0.326 e. The van der Waals surface area contributed by atoms with E-state index in [9.17, 15) is 39.3 Å².